The van der Waals surface area contributed by atoms with Crippen LogP contribution in [-0.4, -0.2) is 0 Å². The molecule has 1 aromatic carbocycles. The first kappa shape index (κ1) is 12.0. The minimum atomic E-state index is -0.550. The number of rotatable bonds is 2. The molecule has 1 saturated carbocycles. The highest BCUT2D eigenvalue weighted by atomic mass is 79.9. The summed E-state index contributed by atoms with van der Waals surface area (Å²) in [5, 5.41) is 0. The third-order valence-corrected chi connectivity index (χ3v) is 3.74. The maximum Gasteiger partial charge on any atom is 0.132 e. The van der Waals surface area contributed by atoms with Crippen LogP contribution in [0.2, 0.25) is 0 Å². The van der Waals surface area contributed by atoms with Crippen molar-refractivity contribution in [2.75, 3.05) is 0 Å². The zero-order valence-electron chi connectivity index (χ0n) is 8.85. The highest BCUT2D eigenvalue weighted by Crippen LogP contribution is 2.36. The summed E-state index contributed by atoms with van der Waals surface area (Å²) in [6.45, 7) is 0. The van der Waals surface area contributed by atoms with E-state index in [2.05, 4.69) is 15.9 Å². The van der Waals surface area contributed by atoms with Gasteiger partial charge in [-0.05, 0) is 30.9 Å². The highest BCUT2D eigenvalue weighted by Gasteiger charge is 2.27. The summed E-state index contributed by atoms with van der Waals surface area (Å²) >= 11 is 3.06. The molecule has 0 unspecified atom stereocenters. The van der Waals surface area contributed by atoms with Crippen molar-refractivity contribution in [3.05, 3.63) is 33.8 Å². The summed E-state index contributed by atoms with van der Waals surface area (Å²) in [4.78, 5) is 0. The largest absolute Gasteiger partial charge is 0.324 e. The fraction of sp³-hybridized carbons (Fsp3) is 0.500. The van der Waals surface area contributed by atoms with Crippen molar-refractivity contribution < 1.29 is 8.78 Å². The number of benzene rings is 1. The van der Waals surface area contributed by atoms with Gasteiger partial charge in [0.1, 0.15) is 11.6 Å². The zero-order valence-corrected chi connectivity index (χ0v) is 10.4. The molecule has 0 saturated heterocycles. The minimum absolute atomic E-state index is 0.0371. The van der Waals surface area contributed by atoms with Crippen LogP contribution >= 0.6 is 15.9 Å². The van der Waals surface area contributed by atoms with Crippen LogP contribution in [0.1, 0.15) is 37.3 Å². The lowest BCUT2D eigenvalue weighted by atomic mass is 9.92. The molecule has 1 nitrogen and oxygen atoms in total. The van der Waals surface area contributed by atoms with Gasteiger partial charge in [-0.1, -0.05) is 28.8 Å². The van der Waals surface area contributed by atoms with Crippen LogP contribution in [0.15, 0.2) is 16.6 Å². The summed E-state index contributed by atoms with van der Waals surface area (Å²) in [7, 11) is 0. The van der Waals surface area contributed by atoms with Gasteiger partial charge in [0.15, 0.2) is 0 Å². The summed E-state index contributed by atoms with van der Waals surface area (Å²) in [6, 6.07) is 2.02. The van der Waals surface area contributed by atoms with Gasteiger partial charge >= 0.3 is 0 Å². The number of halogens is 3. The Bertz CT molecular complexity index is 366. The van der Waals surface area contributed by atoms with Gasteiger partial charge in [0.25, 0.3) is 0 Å². The van der Waals surface area contributed by atoms with E-state index < -0.39 is 17.7 Å². The van der Waals surface area contributed by atoms with Crippen LogP contribution in [0, 0.1) is 17.6 Å². The van der Waals surface area contributed by atoms with Gasteiger partial charge in [-0.3, -0.25) is 0 Å². The predicted molar refractivity (Wildman–Crippen MR) is 62.9 cm³/mol. The Morgan fingerprint density at radius 1 is 1.19 bits per heavy atom. The van der Waals surface area contributed by atoms with Crippen molar-refractivity contribution in [3.63, 3.8) is 0 Å². The van der Waals surface area contributed by atoms with E-state index in [9.17, 15) is 8.78 Å². The first-order chi connectivity index (χ1) is 7.59. The Labute approximate surface area is 102 Å². The van der Waals surface area contributed by atoms with Crippen molar-refractivity contribution in [1.29, 1.82) is 0 Å². The van der Waals surface area contributed by atoms with E-state index in [-0.39, 0.29) is 11.5 Å². The quantitative estimate of drug-likeness (QED) is 0.877. The second kappa shape index (κ2) is 4.80. The van der Waals surface area contributed by atoms with Gasteiger partial charge < -0.3 is 5.73 Å². The van der Waals surface area contributed by atoms with Crippen molar-refractivity contribution in [3.8, 4) is 0 Å². The first-order valence-electron chi connectivity index (χ1n) is 5.49. The van der Waals surface area contributed by atoms with Gasteiger partial charge in [-0.25, -0.2) is 8.78 Å². The molecule has 16 heavy (non-hydrogen) atoms. The van der Waals surface area contributed by atoms with E-state index in [0.717, 1.165) is 25.7 Å². The summed E-state index contributed by atoms with van der Waals surface area (Å²) in [5.41, 5.74) is 5.99. The topological polar surface area (TPSA) is 26.0 Å². The van der Waals surface area contributed by atoms with Crippen LogP contribution in [-0.2, 0) is 0 Å². The van der Waals surface area contributed by atoms with Crippen molar-refractivity contribution in [2.24, 2.45) is 11.7 Å². The van der Waals surface area contributed by atoms with E-state index in [1.165, 1.54) is 12.1 Å². The minimum Gasteiger partial charge on any atom is -0.324 e. The first-order valence-corrected chi connectivity index (χ1v) is 6.29. The summed E-state index contributed by atoms with van der Waals surface area (Å²) in [6.07, 6.45) is 4.16. The smallest absolute Gasteiger partial charge is 0.132 e. The highest BCUT2D eigenvalue weighted by molar-refractivity contribution is 9.10. The average Bonchev–Trinajstić information content (AvgIpc) is 2.67. The Morgan fingerprint density at radius 3 is 2.19 bits per heavy atom. The maximum absolute atomic E-state index is 13.7. The van der Waals surface area contributed by atoms with Crippen molar-refractivity contribution >= 4 is 15.9 Å². The Hall–Kier alpha value is -0.480. The lowest BCUT2D eigenvalue weighted by molar-refractivity contribution is 0.410. The summed E-state index contributed by atoms with van der Waals surface area (Å²) < 4.78 is 27.7. The van der Waals surface area contributed by atoms with Crippen LogP contribution in [0.5, 0.6) is 0 Å². The average molecular weight is 290 g/mol. The Morgan fingerprint density at radius 2 is 1.69 bits per heavy atom. The number of nitrogens with two attached hydrogens (primary N) is 1. The van der Waals surface area contributed by atoms with Crippen LogP contribution in [0.3, 0.4) is 0 Å². The third kappa shape index (κ3) is 2.28. The lowest BCUT2D eigenvalue weighted by Gasteiger charge is -2.20. The Kier molecular flexibility index (Phi) is 3.60. The molecule has 0 aromatic heterocycles. The molecule has 1 aliphatic carbocycles. The molecule has 0 radical (unpaired) electrons. The van der Waals surface area contributed by atoms with Crippen molar-refractivity contribution in [1.82, 2.24) is 0 Å². The molecule has 2 N–H and O–H groups in total. The van der Waals surface area contributed by atoms with Gasteiger partial charge in [-0.2, -0.15) is 0 Å². The SMILES string of the molecule is N[C@@H](c1c(F)cc(Br)cc1F)C1CCCC1. The normalized spacial score (nSPS) is 19.0. The van der Waals surface area contributed by atoms with Crippen LogP contribution in [0.25, 0.3) is 0 Å². The molecule has 0 heterocycles. The molecule has 88 valence electrons. The molecule has 0 amide bonds. The summed E-state index contributed by atoms with van der Waals surface area (Å²) in [5.74, 6) is -0.886. The number of hydrogen-bond acceptors (Lipinski definition) is 1. The molecule has 1 fully saturated rings. The van der Waals surface area contributed by atoms with E-state index in [0.29, 0.717) is 4.47 Å². The molecule has 4 heteroatoms. The van der Waals surface area contributed by atoms with Gasteiger partial charge in [0.2, 0.25) is 0 Å². The van der Waals surface area contributed by atoms with Crippen molar-refractivity contribution in [2.45, 2.75) is 31.7 Å². The van der Waals surface area contributed by atoms with Crippen LogP contribution in [0.4, 0.5) is 8.78 Å². The van der Waals surface area contributed by atoms with E-state index in [1.54, 1.807) is 0 Å². The molecule has 1 atom stereocenters. The predicted octanol–water partition coefficient (Wildman–Crippen LogP) is 3.92. The second-order valence-corrected chi connectivity index (χ2v) is 5.27. The van der Waals surface area contributed by atoms with Crippen LogP contribution < -0.4 is 5.73 Å². The fourth-order valence-electron chi connectivity index (χ4n) is 2.42. The van der Waals surface area contributed by atoms with Gasteiger partial charge in [0, 0.05) is 16.1 Å². The molecular weight excluding hydrogens is 276 g/mol. The Balaban J connectivity index is 2.31. The molecule has 0 bridgehead atoms. The standard InChI is InChI=1S/C12H14BrF2N/c13-8-5-9(14)11(10(15)6-8)12(16)7-3-1-2-4-7/h5-7,12H,1-4,16H2/t12-/m1/s1. The lowest BCUT2D eigenvalue weighted by Crippen LogP contribution is -2.21. The molecule has 1 aromatic rings. The monoisotopic (exact) mass is 289 g/mol. The van der Waals surface area contributed by atoms with Gasteiger partial charge in [0.05, 0.1) is 0 Å². The molecule has 0 spiro atoms. The maximum atomic E-state index is 13.7. The second-order valence-electron chi connectivity index (χ2n) is 4.35. The molecule has 0 aliphatic heterocycles. The molecular formula is C12H14BrF2N. The van der Waals surface area contributed by atoms with E-state index in [4.69, 9.17) is 5.73 Å². The third-order valence-electron chi connectivity index (χ3n) is 3.28. The molecule has 1 aliphatic rings. The van der Waals surface area contributed by atoms with Gasteiger partial charge in [-0.15, -0.1) is 0 Å². The van der Waals surface area contributed by atoms with E-state index in [1.807, 2.05) is 0 Å². The van der Waals surface area contributed by atoms with E-state index >= 15 is 0 Å². The number of hydrogen-bond donors (Lipinski definition) is 1. The molecule has 2 rings (SSSR count). The fourth-order valence-corrected chi connectivity index (χ4v) is 2.83. The zero-order chi connectivity index (χ0) is 11.7.